The van der Waals surface area contributed by atoms with Crippen molar-refractivity contribution in [3.8, 4) is 0 Å². The third-order valence-electron chi connectivity index (χ3n) is 4.38. The lowest BCUT2D eigenvalue weighted by Gasteiger charge is -2.15. The minimum absolute atomic E-state index is 0.145. The van der Waals surface area contributed by atoms with Crippen LogP contribution in [-0.4, -0.2) is 32.6 Å². The average Bonchev–Trinajstić information content (AvgIpc) is 2.84. The van der Waals surface area contributed by atoms with E-state index in [-0.39, 0.29) is 21.6 Å². The van der Waals surface area contributed by atoms with E-state index in [1.54, 1.807) is 62.8 Å². The van der Waals surface area contributed by atoms with Gasteiger partial charge in [-0.25, -0.2) is 8.42 Å². The second kappa shape index (κ2) is 8.05. The van der Waals surface area contributed by atoms with Crippen molar-refractivity contribution in [3.05, 3.63) is 41.6 Å². The minimum atomic E-state index is -3.77. The Bertz CT molecular complexity index is 884. The number of sulfone groups is 1. The van der Waals surface area contributed by atoms with Gasteiger partial charge in [0, 0.05) is 25.3 Å². The van der Waals surface area contributed by atoms with Crippen molar-refractivity contribution in [1.82, 2.24) is 4.57 Å². The van der Waals surface area contributed by atoms with Gasteiger partial charge < -0.3 is 14.6 Å². The number of amides is 1. The first-order chi connectivity index (χ1) is 12.2. The molecule has 2 aromatic rings. The number of hydrogen-bond acceptors (Lipinski definition) is 4. The van der Waals surface area contributed by atoms with Crippen LogP contribution in [0.2, 0.25) is 0 Å². The number of nitrogens with one attached hydrogen (secondary N) is 1. The topological polar surface area (TPSA) is 77.4 Å². The van der Waals surface area contributed by atoms with E-state index in [0.29, 0.717) is 24.5 Å². The van der Waals surface area contributed by atoms with Crippen LogP contribution in [-0.2, 0) is 25.9 Å². The maximum atomic E-state index is 13.3. The molecule has 0 saturated carbocycles. The molecule has 0 radical (unpaired) electrons. The SMILES string of the molecule is COCCn1c(C)c(C)c(S(=O)(=O)c2ccccc2)c1NC(=O)C(C)C. The van der Waals surface area contributed by atoms with E-state index in [0.717, 1.165) is 5.69 Å². The summed E-state index contributed by atoms with van der Waals surface area (Å²) >= 11 is 0. The van der Waals surface area contributed by atoms with Crippen molar-refractivity contribution in [2.45, 2.75) is 44.0 Å². The van der Waals surface area contributed by atoms with Crippen LogP contribution in [0.5, 0.6) is 0 Å². The zero-order chi connectivity index (χ0) is 19.5. The number of methoxy groups -OCH3 is 1. The summed E-state index contributed by atoms with van der Waals surface area (Å²) in [5.74, 6) is -0.195. The monoisotopic (exact) mass is 378 g/mol. The molecule has 0 spiro atoms. The van der Waals surface area contributed by atoms with Gasteiger partial charge in [-0.3, -0.25) is 4.79 Å². The van der Waals surface area contributed by atoms with Gasteiger partial charge in [0.1, 0.15) is 10.7 Å². The number of anilines is 1. The van der Waals surface area contributed by atoms with Crippen LogP contribution in [0.3, 0.4) is 0 Å². The molecule has 0 aliphatic heterocycles. The molecule has 0 unspecified atom stereocenters. The number of benzene rings is 1. The smallest absolute Gasteiger partial charge is 0.228 e. The fraction of sp³-hybridized carbons (Fsp3) is 0.421. The molecule has 142 valence electrons. The van der Waals surface area contributed by atoms with E-state index < -0.39 is 9.84 Å². The quantitative estimate of drug-likeness (QED) is 0.803. The molecule has 2 rings (SSSR count). The lowest BCUT2D eigenvalue weighted by molar-refractivity contribution is -0.118. The number of rotatable bonds is 7. The third-order valence-corrected chi connectivity index (χ3v) is 6.31. The average molecular weight is 378 g/mol. The molecule has 1 aromatic carbocycles. The fourth-order valence-electron chi connectivity index (χ4n) is 2.73. The number of carbonyl (C=O) groups excluding carboxylic acids is 1. The Balaban J connectivity index is 2.69. The number of ether oxygens (including phenoxy) is 1. The van der Waals surface area contributed by atoms with E-state index >= 15 is 0 Å². The zero-order valence-electron chi connectivity index (χ0n) is 15.9. The molecular weight excluding hydrogens is 352 g/mol. The number of nitrogens with zero attached hydrogens (tertiary/aromatic N) is 1. The first-order valence-corrected chi connectivity index (χ1v) is 9.99. The normalized spacial score (nSPS) is 11.8. The summed E-state index contributed by atoms with van der Waals surface area (Å²) in [6.07, 6.45) is 0. The predicted octanol–water partition coefficient (Wildman–Crippen LogP) is 3.18. The van der Waals surface area contributed by atoms with Gasteiger partial charge in [0.05, 0.1) is 11.5 Å². The number of aromatic nitrogens is 1. The van der Waals surface area contributed by atoms with Gasteiger partial charge in [-0.15, -0.1) is 0 Å². The summed E-state index contributed by atoms with van der Waals surface area (Å²) in [7, 11) is -2.19. The summed E-state index contributed by atoms with van der Waals surface area (Å²) in [6, 6.07) is 8.25. The van der Waals surface area contributed by atoms with Crippen LogP contribution in [0, 0.1) is 19.8 Å². The van der Waals surface area contributed by atoms with Crippen LogP contribution in [0.15, 0.2) is 40.1 Å². The summed E-state index contributed by atoms with van der Waals surface area (Å²) in [6.45, 7) is 8.00. The van der Waals surface area contributed by atoms with Crippen molar-refractivity contribution < 1.29 is 17.9 Å². The molecule has 1 heterocycles. The first kappa shape index (κ1) is 20.2. The van der Waals surface area contributed by atoms with Gasteiger partial charge in [0.15, 0.2) is 0 Å². The van der Waals surface area contributed by atoms with Gasteiger partial charge in [0.2, 0.25) is 15.7 Å². The van der Waals surface area contributed by atoms with Gasteiger partial charge >= 0.3 is 0 Å². The second-order valence-electron chi connectivity index (χ2n) is 6.49. The largest absolute Gasteiger partial charge is 0.383 e. The molecule has 7 heteroatoms. The molecule has 0 bridgehead atoms. The molecule has 1 N–H and O–H groups in total. The number of hydrogen-bond donors (Lipinski definition) is 1. The standard InChI is InChI=1S/C19H26N2O4S/c1-13(2)19(22)20-18-17(14(3)15(4)21(18)11-12-25-5)26(23,24)16-9-7-6-8-10-16/h6-10,13H,11-12H2,1-5H3,(H,20,22). The Labute approximate surface area is 155 Å². The Morgan fingerprint density at radius 3 is 2.35 bits per heavy atom. The van der Waals surface area contributed by atoms with Crippen molar-refractivity contribution in [3.63, 3.8) is 0 Å². The lowest BCUT2D eigenvalue weighted by Crippen LogP contribution is -2.22. The van der Waals surface area contributed by atoms with E-state index in [9.17, 15) is 13.2 Å². The molecule has 0 atom stereocenters. The molecule has 1 aromatic heterocycles. The van der Waals surface area contributed by atoms with Crippen molar-refractivity contribution >= 4 is 21.6 Å². The molecule has 1 amide bonds. The lowest BCUT2D eigenvalue weighted by atomic mass is 10.2. The Hall–Kier alpha value is -2.12. The van der Waals surface area contributed by atoms with E-state index in [1.165, 1.54) is 0 Å². The van der Waals surface area contributed by atoms with Crippen LogP contribution in [0.4, 0.5) is 5.82 Å². The summed E-state index contributed by atoms with van der Waals surface area (Å²) in [5.41, 5.74) is 1.42. The minimum Gasteiger partial charge on any atom is -0.383 e. The maximum Gasteiger partial charge on any atom is 0.228 e. The Morgan fingerprint density at radius 1 is 1.19 bits per heavy atom. The van der Waals surface area contributed by atoms with Crippen molar-refractivity contribution in [2.24, 2.45) is 5.92 Å². The van der Waals surface area contributed by atoms with E-state index in [4.69, 9.17) is 4.74 Å². The van der Waals surface area contributed by atoms with Gasteiger partial charge in [-0.1, -0.05) is 32.0 Å². The molecule has 0 aliphatic rings. The Morgan fingerprint density at radius 2 is 1.81 bits per heavy atom. The van der Waals surface area contributed by atoms with E-state index in [1.807, 2.05) is 6.92 Å². The van der Waals surface area contributed by atoms with Crippen LogP contribution in [0.25, 0.3) is 0 Å². The van der Waals surface area contributed by atoms with Gasteiger partial charge in [-0.2, -0.15) is 0 Å². The summed E-state index contributed by atoms with van der Waals surface area (Å²) in [5, 5.41) is 2.81. The van der Waals surface area contributed by atoms with Crippen LogP contribution >= 0.6 is 0 Å². The van der Waals surface area contributed by atoms with Gasteiger partial charge in [0.25, 0.3) is 0 Å². The molecule has 6 nitrogen and oxygen atoms in total. The van der Waals surface area contributed by atoms with Crippen LogP contribution in [0.1, 0.15) is 25.1 Å². The summed E-state index contributed by atoms with van der Waals surface area (Å²) < 4.78 is 33.5. The fourth-order valence-corrected chi connectivity index (χ4v) is 4.45. The van der Waals surface area contributed by atoms with Crippen LogP contribution < -0.4 is 5.32 Å². The highest BCUT2D eigenvalue weighted by atomic mass is 32.2. The van der Waals surface area contributed by atoms with Crippen molar-refractivity contribution in [2.75, 3.05) is 19.0 Å². The number of carbonyl (C=O) groups is 1. The zero-order valence-corrected chi connectivity index (χ0v) is 16.7. The molecule has 26 heavy (non-hydrogen) atoms. The third kappa shape index (κ3) is 3.83. The highest BCUT2D eigenvalue weighted by molar-refractivity contribution is 7.91. The second-order valence-corrected chi connectivity index (χ2v) is 8.38. The molecular formula is C19H26N2O4S. The Kier molecular flexibility index (Phi) is 6.26. The molecule has 0 saturated heterocycles. The molecule has 0 aliphatic carbocycles. The summed E-state index contributed by atoms with van der Waals surface area (Å²) in [4.78, 5) is 12.7. The highest BCUT2D eigenvalue weighted by Crippen LogP contribution is 2.35. The maximum absolute atomic E-state index is 13.3. The van der Waals surface area contributed by atoms with Crippen molar-refractivity contribution in [1.29, 1.82) is 0 Å². The first-order valence-electron chi connectivity index (χ1n) is 8.51. The highest BCUT2D eigenvalue weighted by Gasteiger charge is 2.30. The molecule has 0 fully saturated rings. The predicted molar refractivity (Wildman–Crippen MR) is 101 cm³/mol. The van der Waals surface area contributed by atoms with E-state index in [2.05, 4.69) is 5.32 Å². The van der Waals surface area contributed by atoms with Gasteiger partial charge in [-0.05, 0) is 31.5 Å².